The van der Waals surface area contributed by atoms with E-state index in [0.29, 0.717) is 17.4 Å². The number of hydrogen-bond acceptors (Lipinski definition) is 6. The van der Waals surface area contributed by atoms with Crippen LogP contribution in [0.2, 0.25) is 0 Å². The van der Waals surface area contributed by atoms with Gasteiger partial charge in [-0.25, -0.2) is 0 Å². The number of amides is 1. The van der Waals surface area contributed by atoms with E-state index in [1.54, 1.807) is 6.08 Å². The first kappa shape index (κ1) is 50.0. The minimum Gasteiger partial charge on any atom is -0.756 e. The molecular formula is C42H83N2O6P. The van der Waals surface area contributed by atoms with E-state index in [1.165, 1.54) is 128 Å². The standard InChI is InChI=1S/C42H83N2O6P/c1-6-8-10-12-13-14-15-16-17-18-19-20-21-22-23-24-25-26-27-28-29-30-31-32-34-36-42(46)43-40(41(45)35-33-11-9-7-2)39-50-51(47,48)49-38-37-44(3,4)5/h18-19,33,35,40-41,45H,6-17,20-32,34,36-39H2,1-5H3,(H-,43,46,47,48)/b19-18-,35-33+. The summed E-state index contributed by atoms with van der Waals surface area (Å²) in [6.07, 6.45) is 40.1. The van der Waals surface area contributed by atoms with Crippen LogP contribution < -0.4 is 10.2 Å². The van der Waals surface area contributed by atoms with Gasteiger partial charge in [-0.2, -0.15) is 0 Å². The van der Waals surface area contributed by atoms with Crippen LogP contribution in [0.3, 0.4) is 0 Å². The van der Waals surface area contributed by atoms with Crippen LogP contribution in [0.1, 0.15) is 187 Å². The summed E-state index contributed by atoms with van der Waals surface area (Å²) in [5, 5.41) is 13.5. The van der Waals surface area contributed by atoms with Crippen molar-refractivity contribution in [2.75, 3.05) is 40.9 Å². The average molecular weight is 743 g/mol. The molecule has 302 valence electrons. The lowest BCUT2D eigenvalue weighted by atomic mass is 10.0. The topological polar surface area (TPSA) is 108 Å². The predicted molar refractivity (Wildman–Crippen MR) is 215 cm³/mol. The van der Waals surface area contributed by atoms with Crippen molar-refractivity contribution < 1.29 is 32.9 Å². The number of aliphatic hydroxyl groups excluding tert-OH is 1. The van der Waals surface area contributed by atoms with Gasteiger partial charge in [-0.15, -0.1) is 0 Å². The summed E-state index contributed by atoms with van der Waals surface area (Å²) in [7, 11) is 1.26. The molecule has 0 aliphatic rings. The molecule has 0 aromatic heterocycles. The van der Waals surface area contributed by atoms with Crippen LogP contribution in [-0.4, -0.2) is 68.5 Å². The Morgan fingerprint density at radius 1 is 0.667 bits per heavy atom. The van der Waals surface area contributed by atoms with Gasteiger partial charge in [-0.05, 0) is 38.5 Å². The van der Waals surface area contributed by atoms with Crippen LogP contribution in [0, 0.1) is 0 Å². The second kappa shape index (κ2) is 34.7. The molecular weight excluding hydrogens is 659 g/mol. The number of allylic oxidation sites excluding steroid dienone is 3. The van der Waals surface area contributed by atoms with E-state index in [4.69, 9.17) is 9.05 Å². The van der Waals surface area contributed by atoms with Gasteiger partial charge >= 0.3 is 0 Å². The Bertz CT molecular complexity index is 891. The highest BCUT2D eigenvalue weighted by molar-refractivity contribution is 7.45. The first-order valence-corrected chi connectivity index (χ1v) is 22.7. The van der Waals surface area contributed by atoms with Gasteiger partial charge in [0.1, 0.15) is 13.2 Å². The molecule has 0 bridgehead atoms. The van der Waals surface area contributed by atoms with Crippen molar-refractivity contribution >= 4 is 13.7 Å². The Kier molecular flexibility index (Phi) is 34.0. The highest BCUT2D eigenvalue weighted by atomic mass is 31.2. The molecule has 2 N–H and O–H groups in total. The number of aliphatic hydroxyl groups is 1. The molecule has 0 aliphatic carbocycles. The highest BCUT2D eigenvalue weighted by Gasteiger charge is 2.23. The van der Waals surface area contributed by atoms with Gasteiger partial charge in [0.15, 0.2) is 0 Å². The van der Waals surface area contributed by atoms with Gasteiger partial charge in [0.25, 0.3) is 7.82 Å². The molecule has 51 heavy (non-hydrogen) atoms. The Morgan fingerprint density at radius 3 is 1.57 bits per heavy atom. The Hall–Kier alpha value is -1.02. The molecule has 0 spiro atoms. The normalized spacial score (nSPS) is 14.7. The third-order valence-corrected chi connectivity index (χ3v) is 10.4. The van der Waals surface area contributed by atoms with Crippen LogP contribution in [0.15, 0.2) is 24.3 Å². The van der Waals surface area contributed by atoms with E-state index < -0.39 is 20.0 Å². The van der Waals surface area contributed by atoms with Crippen molar-refractivity contribution in [1.29, 1.82) is 0 Å². The second-order valence-corrected chi connectivity index (χ2v) is 17.1. The number of quaternary nitrogens is 1. The molecule has 9 heteroatoms. The zero-order valence-corrected chi connectivity index (χ0v) is 35.0. The van der Waals surface area contributed by atoms with Crippen LogP contribution in [-0.2, 0) is 18.4 Å². The number of likely N-dealkylation sites (N-methyl/N-ethyl adjacent to an activating group) is 1. The number of phosphoric acid groups is 1. The van der Waals surface area contributed by atoms with E-state index in [-0.39, 0.29) is 19.1 Å². The van der Waals surface area contributed by atoms with Crippen molar-refractivity contribution in [2.45, 2.75) is 199 Å². The monoisotopic (exact) mass is 743 g/mol. The van der Waals surface area contributed by atoms with Crippen LogP contribution in [0.4, 0.5) is 0 Å². The van der Waals surface area contributed by atoms with E-state index >= 15 is 0 Å². The summed E-state index contributed by atoms with van der Waals surface area (Å²) in [5.74, 6) is -0.207. The first-order chi connectivity index (χ1) is 24.5. The molecule has 0 aromatic carbocycles. The predicted octanol–water partition coefficient (Wildman–Crippen LogP) is 10.7. The van der Waals surface area contributed by atoms with Gasteiger partial charge in [-0.3, -0.25) is 9.36 Å². The fraction of sp³-hybridized carbons (Fsp3) is 0.881. The molecule has 0 heterocycles. The summed E-state index contributed by atoms with van der Waals surface area (Å²) in [5.41, 5.74) is 0. The average Bonchev–Trinajstić information content (AvgIpc) is 3.07. The maximum Gasteiger partial charge on any atom is 0.268 e. The Morgan fingerprint density at radius 2 is 1.10 bits per heavy atom. The Balaban J connectivity index is 3.93. The van der Waals surface area contributed by atoms with E-state index in [1.807, 2.05) is 27.2 Å². The molecule has 0 aromatic rings. The summed E-state index contributed by atoms with van der Waals surface area (Å²) >= 11 is 0. The summed E-state index contributed by atoms with van der Waals surface area (Å²) in [6, 6.07) is -0.879. The number of nitrogens with one attached hydrogen (secondary N) is 1. The number of hydrogen-bond donors (Lipinski definition) is 2. The number of nitrogens with zero attached hydrogens (tertiary/aromatic N) is 1. The van der Waals surface area contributed by atoms with Gasteiger partial charge in [0.2, 0.25) is 5.91 Å². The van der Waals surface area contributed by atoms with Crippen molar-refractivity contribution in [3.8, 4) is 0 Å². The van der Waals surface area contributed by atoms with Gasteiger partial charge in [0.05, 0.1) is 39.9 Å². The van der Waals surface area contributed by atoms with Crippen LogP contribution >= 0.6 is 7.82 Å². The lowest BCUT2D eigenvalue weighted by Gasteiger charge is -2.29. The molecule has 0 rings (SSSR count). The van der Waals surface area contributed by atoms with E-state index in [2.05, 4.69) is 31.3 Å². The summed E-state index contributed by atoms with van der Waals surface area (Å²) in [6.45, 7) is 4.48. The minimum atomic E-state index is -4.56. The largest absolute Gasteiger partial charge is 0.756 e. The molecule has 0 radical (unpaired) electrons. The van der Waals surface area contributed by atoms with Gasteiger partial charge in [-0.1, -0.05) is 167 Å². The number of carbonyl (C=O) groups excluding carboxylic acids is 1. The zero-order chi connectivity index (χ0) is 37.9. The third-order valence-electron chi connectivity index (χ3n) is 9.41. The number of rotatable bonds is 38. The molecule has 0 aliphatic heterocycles. The molecule has 0 saturated carbocycles. The third kappa shape index (κ3) is 37.1. The van der Waals surface area contributed by atoms with E-state index in [9.17, 15) is 19.4 Å². The van der Waals surface area contributed by atoms with E-state index in [0.717, 1.165) is 38.5 Å². The van der Waals surface area contributed by atoms with Crippen molar-refractivity contribution in [3.05, 3.63) is 24.3 Å². The number of carbonyl (C=O) groups is 1. The Labute approximate surface area is 315 Å². The van der Waals surface area contributed by atoms with Gasteiger partial charge in [0, 0.05) is 6.42 Å². The molecule has 0 fully saturated rings. The van der Waals surface area contributed by atoms with Crippen molar-refractivity contribution in [1.82, 2.24) is 5.32 Å². The lowest BCUT2D eigenvalue weighted by Crippen LogP contribution is -2.45. The zero-order valence-electron chi connectivity index (χ0n) is 34.1. The lowest BCUT2D eigenvalue weighted by molar-refractivity contribution is -0.870. The first-order valence-electron chi connectivity index (χ1n) is 21.2. The van der Waals surface area contributed by atoms with Crippen LogP contribution in [0.5, 0.6) is 0 Å². The maximum atomic E-state index is 12.7. The minimum absolute atomic E-state index is 0.00130. The SMILES string of the molecule is CCCC/C=C/C(O)C(COP(=O)([O-])OCC[N+](C)(C)C)NC(=O)CCCCCCCCCCCCCCC/C=C\CCCCCCCCCC. The summed E-state index contributed by atoms with van der Waals surface area (Å²) in [4.78, 5) is 25.0. The molecule has 1 amide bonds. The highest BCUT2D eigenvalue weighted by Crippen LogP contribution is 2.38. The maximum absolute atomic E-state index is 12.7. The molecule has 8 nitrogen and oxygen atoms in total. The van der Waals surface area contributed by atoms with Crippen molar-refractivity contribution in [3.63, 3.8) is 0 Å². The fourth-order valence-electron chi connectivity index (χ4n) is 5.96. The second-order valence-electron chi connectivity index (χ2n) is 15.7. The fourth-order valence-corrected chi connectivity index (χ4v) is 6.68. The summed E-state index contributed by atoms with van der Waals surface area (Å²) < 4.78 is 22.9. The van der Waals surface area contributed by atoms with Crippen molar-refractivity contribution in [2.24, 2.45) is 0 Å². The number of unbranched alkanes of at least 4 members (excludes halogenated alkanes) is 23. The molecule has 3 unspecified atom stereocenters. The van der Waals surface area contributed by atoms with Crippen LogP contribution in [0.25, 0.3) is 0 Å². The molecule has 3 atom stereocenters. The smallest absolute Gasteiger partial charge is 0.268 e. The van der Waals surface area contributed by atoms with Gasteiger partial charge < -0.3 is 28.8 Å². The molecule has 0 saturated heterocycles. The quantitative estimate of drug-likeness (QED) is 0.0282. The number of phosphoric ester groups is 1.